The molecule has 2 aromatic rings. The lowest BCUT2D eigenvalue weighted by atomic mass is 9.98. The van der Waals surface area contributed by atoms with Crippen molar-refractivity contribution in [1.82, 2.24) is 0 Å². The molecular formula is C17H16O2. The van der Waals surface area contributed by atoms with E-state index in [4.69, 9.17) is 9.47 Å². The molecule has 3 rings (SSSR count). The van der Waals surface area contributed by atoms with E-state index in [1.54, 1.807) is 7.11 Å². The van der Waals surface area contributed by atoms with Crippen molar-refractivity contribution in [3.05, 3.63) is 65.7 Å². The van der Waals surface area contributed by atoms with Crippen molar-refractivity contribution in [2.24, 2.45) is 0 Å². The minimum Gasteiger partial charge on any atom is -0.497 e. The number of allylic oxidation sites excluding steroid dienone is 1. The molecule has 0 aliphatic carbocycles. The maximum Gasteiger partial charge on any atom is 0.143 e. The summed E-state index contributed by atoms with van der Waals surface area (Å²) in [7, 11) is 1.67. The molecule has 1 aliphatic rings. The van der Waals surface area contributed by atoms with Crippen LogP contribution in [0, 0.1) is 0 Å². The summed E-state index contributed by atoms with van der Waals surface area (Å²) in [6.45, 7) is 2.12. The van der Waals surface area contributed by atoms with Crippen molar-refractivity contribution in [3.8, 4) is 11.5 Å². The van der Waals surface area contributed by atoms with Gasteiger partial charge in [0.15, 0.2) is 0 Å². The Bertz CT molecular complexity index is 611. The van der Waals surface area contributed by atoms with E-state index in [1.807, 2.05) is 42.5 Å². The van der Waals surface area contributed by atoms with E-state index in [1.165, 1.54) is 11.1 Å². The number of hydrogen-bond acceptors (Lipinski definition) is 2. The third-order valence-electron chi connectivity index (χ3n) is 3.41. The number of ether oxygens (including phenoxy) is 2. The molecule has 0 fully saturated rings. The number of rotatable bonds is 2. The van der Waals surface area contributed by atoms with Crippen molar-refractivity contribution < 1.29 is 9.47 Å². The highest BCUT2D eigenvalue weighted by atomic mass is 16.5. The summed E-state index contributed by atoms with van der Waals surface area (Å²) < 4.78 is 11.2. The Labute approximate surface area is 113 Å². The van der Waals surface area contributed by atoms with Crippen LogP contribution in [0.15, 0.2) is 54.6 Å². The Morgan fingerprint density at radius 1 is 1.00 bits per heavy atom. The molecule has 0 aromatic heterocycles. The van der Waals surface area contributed by atoms with Gasteiger partial charge in [-0.05, 0) is 42.3 Å². The fourth-order valence-corrected chi connectivity index (χ4v) is 2.34. The Kier molecular flexibility index (Phi) is 3.00. The maximum atomic E-state index is 6.04. The minimum absolute atomic E-state index is 0.0270. The van der Waals surface area contributed by atoms with Crippen molar-refractivity contribution in [1.29, 1.82) is 0 Å². The normalized spacial score (nSPS) is 17.2. The van der Waals surface area contributed by atoms with E-state index < -0.39 is 0 Å². The van der Waals surface area contributed by atoms with Crippen LogP contribution in [0.3, 0.4) is 0 Å². The monoisotopic (exact) mass is 252 g/mol. The molecule has 1 atom stereocenters. The first-order valence-corrected chi connectivity index (χ1v) is 6.36. The van der Waals surface area contributed by atoms with E-state index in [2.05, 4.69) is 19.1 Å². The largest absolute Gasteiger partial charge is 0.497 e. The molecule has 1 aliphatic heterocycles. The summed E-state index contributed by atoms with van der Waals surface area (Å²) in [4.78, 5) is 0. The first-order valence-electron chi connectivity index (χ1n) is 6.36. The smallest absolute Gasteiger partial charge is 0.143 e. The Balaban J connectivity index is 1.94. The van der Waals surface area contributed by atoms with E-state index >= 15 is 0 Å². The van der Waals surface area contributed by atoms with Gasteiger partial charge in [0.1, 0.15) is 17.6 Å². The van der Waals surface area contributed by atoms with Crippen LogP contribution in [0.4, 0.5) is 0 Å². The summed E-state index contributed by atoms with van der Waals surface area (Å²) in [5.41, 5.74) is 3.56. The fraction of sp³-hybridized carbons (Fsp3) is 0.176. The first kappa shape index (κ1) is 11.8. The van der Waals surface area contributed by atoms with Gasteiger partial charge >= 0.3 is 0 Å². The van der Waals surface area contributed by atoms with Crippen LogP contribution in [0.5, 0.6) is 11.5 Å². The molecule has 0 saturated heterocycles. The second-order valence-corrected chi connectivity index (χ2v) is 4.66. The predicted octanol–water partition coefficient (Wildman–Crippen LogP) is 4.23. The van der Waals surface area contributed by atoms with Gasteiger partial charge in [-0.1, -0.05) is 30.3 Å². The molecule has 0 unspecified atom stereocenters. The van der Waals surface area contributed by atoms with Gasteiger partial charge in [0.2, 0.25) is 0 Å². The summed E-state index contributed by atoms with van der Waals surface area (Å²) in [6.07, 6.45) is 2.13. The number of benzene rings is 2. The average molecular weight is 252 g/mol. The molecule has 0 bridgehead atoms. The SMILES string of the molecule is COc1ccc([C@@H]2C=C(C)c3ccccc3O2)cc1. The molecule has 19 heavy (non-hydrogen) atoms. The van der Waals surface area contributed by atoms with Crippen molar-refractivity contribution in [3.63, 3.8) is 0 Å². The van der Waals surface area contributed by atoms with Gasteiger partial charge in [0.05, 0.1) is 7.11 Å². The quantitative estimate of drug-likeness (QED) is 0.796. The Morgan fingerprint density at radius 2 is 1.74 bits per heavy atom. The third kappa shape index (κ3) is 2.22. The minimum atomic E-state index is -0.0270. The van der Waals surface area contributed by atoms with Crippen LogP contribution in [0.25, 0.3) is 5.57 Å². The van der Waals surface area contributed by atoms with E-state index in [9.17, 15) is 0 Å². The van der Waals surface area contributed by atoms with E-state index in [0.717, 1.165) is 17.1 Å². The van der Waals surface area contributed by atoms with Gasteiger partial charge in [-0.3, -0.25) is 0 Å². The topological polar surface area (TPSA) is 18.5 Å². The summed E-state index contributed by atoms with van der Waals surface area (Å²) >= 11 is 0. The molecule has 0 radical (unpaired) electrons. The Hall–Kier alpha value is -2.22. The van der Waals surface area contributed by atoms with Gasteiger partial charge < -0.3 is 9.47 Å². The number of para-hydroxylation sites is 1. The molecule has 96 valence electrons. The highest BCUT2D eigenvalue weighted by Crippen LogP contribution is 2.37. The van der Waals surface area contributed by atoms with E-state index in [-0.39, 0.29) is 6.10 Å². The zero-order valence-electron chi connectivity index (χ0n) is 11.1. The van der Waals surface area contributed by atoms with Crippen molar-refractivity contribution >= 4 is 5.57 Å². The molecule has 0 N–H and O–H groups in total. The van der Waals surface area contributed by atoms with Crippen LogP contribution >= 0.6 is 0 Å². The van der Waals surface area contributed by atoms with Crippen LogP contribution < -0.4 is 9.47 Å². The van der Waals surface area contributed by atoms with Gasteiger partial charge in [0, 0.05) is 5.56 Å². The molecule has 2 nitrogen and oxygen atoms in total. The second-order valence-electron chi connectivity index (χ2n) is 4.66. The van der Waals surface area contributed by atoms with Gasteiger partial charge in [0.25, 0.3) is 0 Å². The lowest BCUT2D eigenvalue weighted by Crippen LogP contribution is -2.10. The van der Waals surface area contributed by atoms with Gasteiger partial charge in [-0.15, -0.1) is 0 Å². The highest BCUT2D eigenvalue weighted by molar-refractivity contribution is 5.71. The third-order valence-corrected chi connectivity index (χ3v) is 3.41. The zero-order valence-corrected chi connectivity index (χ0v) is 11.1. The van der Waals surface area contributed by atoms with E-state index in [0.29, 0.717) is 0 Å². The van der Waals surface area contributed by atoms with Crippen LogP contribution in [-0.2, 0) is 0 Å². The van der Waals surface area contributed by atoms with Gasteiger partial charge in [-0.25, -0.2) is 0 Å². The van der Waals surface area contributed by atoms with Crippen molar-refractivity contribution in [2.75, 3.05) is 7.11 Å². The molecule has 1 heterocycles. The van der Waals surface area contributed by atoms with Gasteiger partial charge in [-0.2, -0.15) is 0 Å². The first-order chi connectivity index (χ1) is 9.28. The summed E-state index contributed by atoms with van der Waals surface area (Å²) in [5, 5.41) is 0. The molecule has 0 saturated carbocycles. The zero-order chi connectivity index (χ0) is 13.2. The molecule has 0 amide bonds. The summed E-state index contributed by atoms with van der Waals surface area (Å²) in [5.74, 6) is 1.81. The molecular weight excluding hydrogens is 236 g/mol. The maximum absolute atomic E-state index is 6.04. The van der Waals surface area contributed by atoms with Crippen molar-refractivity contribution in [2.45, 2.75) is 13.0 Å². The number of fused-ring (bicyclic) bond motifs is 1. The fourth-order valence-electron chi connectivity index (χ4n) is 2.34. The highest BCUT2D eigenvalue weighted by Gasteiger charge is 2.19. The predicted molar refractivity (Wildman–Crippen MR) is 76.5 cm³/mol. The number of methoxy groups -OCH3 is 1. The summed E-state index contributed by atoms with van der Waals surface area (Å²) in [6, 6.07) is 16.1. The molecule has 2 aromatic carbocycles. The lowest BCUT2D eigenvalue weighted by Gasteiger charge is -2.24. The second kappa shape index (κ2) is 4.81. The lowest BCUT2D eigenvalue weighted by molar-refractivity contribution is 0.250. The number of hydrogen-bond donors (Lipinski definition) is 0. The standard InChI is InChI=1S/C17H16O2/c1-12-11-17(13-7-9-14(18-2)10-8-13)19-16-6-4-3-5-15(12)16/h3-11,17H,1-2H3/t17-/m0/s1. The van der Waals surface area contributed by atoms with Crippen LogP contribution in [0.2, 0.25) is 0 Å². The molecule has 2 heteroatoms. The average Bonchev–Trinajstić information content (AvgIpc) is 2.47. The Morgan fingerprint density at radius 3 is 2.47 bits per heavy atom. The molecule has 0 spiro atoms. The van der Waals surface area contributed by atoms with Crippen LogP contribution in [0.1, 0.15) is 24.2 Å². The van der Waals surface area contributed by atoms with Crippen LogP contribution in [-0.4, -0.2) is 7.11 Å².